The number of nitrogens with one attached hydrogen (secondary N) is 1. The van der Waals surface area contributed by atoms with Gasteiger partial charge in [-0.2, -0.15) is 0 Å². The van der Waals surface area contributed by atoms with Gasteiger partial charge in [0.25, 0.3) is 5.69 Å². The smallest absolute Gasteiger partial charge is 0.275 e. The van der Waals surface area contributed by atoms with E-state index < -0.39 is 16.1 Å². The van der Waals surface area contributed by atoms with E-state index in [2.05, 4.69) is 15.0 Å². The van der Waals surface area contributed by atoms with Gasteiger partial charge in [-0.15, -0.1) is 0 Å². The highest BCUT2D eigenvalue weighted by atomic mass is 16.6. The molecule has 0 unspecified atom stereocenters. The highest BCUT2D eigenvalue weighted by Gasteiger charge is 2.25. The van der Waals surface area contributed by atoms with Crippen LogP contribution in [0.2, 0.25) is 0 Å². The predicted molar refractivity (Wildman–Crippen MR) is 225 cm³/mol. The molecule has 3 N–H and O–H groups in total. The summed E-state index contributed by atoms with van der Waals surface area (Å²) >= 11 is 0. The van der Waals surface area contributed by atoms with Crippen molar-refractivity contribution in [3.8, 4) is 0 Å². The number of para-hydroxylation sites is 2. The van der Waals surface area contributed by atoms with Crippen molar-refractivity contribution in [1.29, 1.82) is 0 Å². The molecule has 0 bridgehead atoms. The van der Waals surface area contributed by atoms with Crippen molar-refractivity contribution in [2.45, 2.75) is 116 Å². The second-order valence-corrected chi connectivity index (χ2v) is 10.7. The normalized spacial score (nSPS) is 9.02. The van der Waals surface area contributed by atoms with Gasteiger partial charge in [-0.1, -0.05) is 106 Å². The van der Waals surface area contributed by atoms with Crippen LogP contribution < -0.4 is 5.32 Å². The number of anilines is 1. The molecule has 2 aromatic heterocycles. The molecule has 0 aliphatic carbocycles. The molecule has 292 valence electrons. The first-order valence-corrected chi connectivity index (χ1v) is 17.4. The Bertz CT molecular complexity index is 1520. The van der Waals surface area contributed by atoms with E-state index in [1.54, 1.807) is 32.0 Å². The Balaban J connectivity index is -0.000000177. The molecule has 0 aliphatic heterocycles. The van der Waals surface area contributed by atoms with Crippen LogP contribution in [0.3, 0.4) is 0 Å². The molecule has 0 saturated heterocycles. The lowest BCUT2D eigenvalue weighted by Gasteiger charge is -2.21. The highest BCUT2D eigenvalue weighted by molar-refractivity contribution is 5.52. The molecule has 0 saturated carbocycles. The van der Waals surface area contributed by atoms with Crippen LogP contribution >= 0.6 is 0 Å². The van der Waals surface area contributed by atoms with Gasteiger partial charge in [0.2, 0.25) is 11.6 Å². The van der Waals surface area contributed by atoms with E-state index in [-0.39, 0.29) is 13.1 Å². The monoisotopic (exact) mass is 723 g/mol. The standard InChI is InChI=1S/C10H15NO.C9H11NO3.2C7H8N2.4C2H6.CH4/c1-10(2,12)8-6-4-5-7-9(8)11-3;1-9(2,11)7-5-3-4-6-8(7)10(12)13;2*1-6-4-5-7(8-2)9(6)3;4*1-2;/h4-7,11-12H,1-3H3;3-6,11H,1-2H3;2*4-5H,1,3H3;4*1-2H3;1H4. The summed E-state index contributed by atoms with van der Waals surface area (Å²) in [7, 11) is 5.63. The van der Waals surface area contributed by atoms with Gasteiger partial charge in [0, 0.05) is 24.4 Å². The number of hydrogen-bond donors (Lipinski definition) is 3. The summed E-state index contributed by atoms with van der Waals surface area (Å²) in [5.41, 5.74) is 2.48. The zero-order valence-electron chi connectivity index (χ0n) is 34.4. The number of aliphatic hydroxyl groups is 2. The fourth-order valence-electron chi connectivity index (χ4n) is 3.81. The largest absolute Gasteiger partial charge is 0.388 e. The average molecular weight is 723 g/mol. The lowest BCUT2D eigenvalue weighted by molar-refractivity contribution is -0.386. The van der Waals surface area contributed by atoms with E-state index in [0.717, 1.165) is 22.6 Å². The quantitative estimate of drug-likeness (QED) is 0.110. The van der Waals surface area contributed by atoms with Crippen molar-refractivity contribution in [1.82, 2.24) is 9.13 Å². The van der Waals surface area contributed by atoms with E-state index >= 15 is 0 Å². The lowest BCUT2D eigenvalue weighted by Crippen LogP contribution is -2.17. The number of aryl methyl sites for hydroxylation is 2. The number of nitro benzene ring substituents is 1. The minimum atomic E-state index is -1.18. The van der Waals surface area contributed by atoms with Crippen molar-refractivity contribution in [2.24, 2.45) is 14.1 Å². The van der Waals surface area contributed by atoms with E-state index in [1.807, 2.05) is 148 Å². The molecule has 0 fully saturated rings. The van der Waals surface area contributed by atoms with Crippen LogP contribution in [-0.2, 0) is 25.3 Å². The Kier molecular flexibility index (Phi) is 33.5. The molecule has 0 spiro atoms. The Morgan fingerprint density at radius 2 is 0.981 bits per heavy atom. The summed E-state index contributed by atoms with van der Waals surface area (Å²) in [5, 5.41) is 33.0. The van der Waals surface area contributed by atoms with Gasteiger partial charge in [-0.3, -0.25) is 10.1 Å². The van der Waals surface area contributed by atoms with Crippen LogP contribution in [0.5, 0.6) is 0 Å². The van der Waals surface area contributed by atoms with Gasteiger partial charge < -0.3 is 34.4 Å². The Labute approximate surface area is 317 Å². The third-order valence-corrected chi connectivity index (χ3v) is 6.54. The minimum absolute atomic E-state index is 0. The van der Waals surface area contributed by atoms with Crippen molar-refractivity contribution < 1.29 is 15.1 Å². The Hall–Kier alpha value is -4.90. The van der Waals surface area contributed by atoms with Crippen molar-refractivity contribution in [3.05, 3.63) is 128 Å². The zero-order valence-corrected chi connectivity index (χ0v) is 34.4. The second kappa shape index (κ2) is 30.9. The molecule has 4 aromatic rings. The summed E-state index contributed by atoms with van der Waals surface area (Å²) in [6, 6.07) is 21.4. The maximum Gasteiger partial charge on any atom is 0.275 e. The zero-order chi connectivity index (χ0) is 41.0. The van der Waals surface area contributed by atoms with Crippen LogP contribution in [0.15, 0.2) is 72.8 Å². The molecule has 0 aliphatic rings. The predicted octanol–water partition coefficient (Wildman–Crippen LogP) is 12.3. The van der Waals surface area contributed by atoms with E-state index in [9.17, 15) is 20.3 Å². The molecule has 0 amide bonds. The minimum Gasteiger partial charge on any atom is -0.388 e. The van der Waals surface area contributed by atoms with Crippen LogP contribution in [0.1, 0.15) is 113 Å². The van der Waals surface area contributed by atoms with Crippen molar-refractivity contribution >= 4 is 23.0 Å². The van der Waals surface area contributed by atoms with Gasteiger partial charge in [0.15, 0.2) is 0 Å². The number of rotatable bonds is 4. The maximum absolute atomic E-state index is 10.6. The molecule has 10 nitrogen and oxygen atoms in total. The fourth-order valence-corrected chi connectivity index (χ4v) is 3.81. The molecule has 2 heterocycles. The third-order valence-electron chi connectivity index (χ3n) is 6.54. The first-order chi connectivity index (χ1) is 24.0. The molecule has 4 rings (SSSR count). The summed E-state index contributed by atoms with van der Waals surface area (Å²) in [4.78, 5) is 16.7. The summed E-state index contributed by atoms with van der Waals surface area (Å²) in [5.74, 6) is 1.40. The maximum atomic E-state index is 10.6. The fraction of sp³-hybridized carbons (Fsp3) is 0.476. The first-order valence-electron chi connectivity index (χ1n) is 17.4. The van der Waals surface area contributed by atoms with Gasteiger partial charge in [-0.25, -0.2) is 0 Å². The Morgan fingerprint density at radius 1 is 0.654 bits per heavy atom. The highest BCUT2D eigenvalue weighted by Crippen LogP contribution is 2.29. The number of aromatic nitrogens is 2. The van der Waals surface area contributed by atoms with Crippen LogP contribution in [-0.4, -0.2) is 31.3 Å². The number of hydrogen-bond acceptors (Lipinski definition) is 5. The van der Waals surface area contributed by atoms with Crippen LogP contribution in [0, 0.1) is 37.1 Å². The molecule has 0 radical (unpaired) electrons. The number of nitro groups is 1. The van der Waals surface area contributed by atoms with Gasteiger partial charge in [-0.05, 0) is 77.9 Å². The van der Waals surface area contributed by atoms with Crippen LogP contribution in [0.25, 0.3) is 9.69 Å². The molecular weight excluding hydrogens is 652 g/mol. The van der Waals surface area contributed by atoms with Crippen molar-refractivity contribution in [3.63, 3.8) is 0 Å². The molecular formula is C42H70N6O4. The number of nitrogens with zero attached hydrogens (tertiary/aromatic N) is 5. The summed E-state index contributed by atoms with van der Waals surface area (Å²) in [6.45, 7) is 40.0. The molecule has 10 heteroatoms. The van der Waals surface area contributed by atoms with Gasteiger partial charge in [0.1, 0.15) is 0 Å². The second-order valence-electron chi connectivity index (χ2n) is 10.7. The average Bonchev–Trinajstić information content (AvgIpc) is 3.65. The lowest BCUT2D eigenvalue weighted by atomic mass is 9.97. The first kappa shape index (κ1) is 56.5. The molecule has 52 heavy (non-hydrogen) atoms. The number of benzene rings is 2. The summed E-state index contributed by atoms with van der Waals surface area (Å²) in [6.07, 6.45) is 0. The van der Waals surface area contributed by atoms with Crippen LogP contribution in [0.4, 0.5) is 23.0 Å². The summed E-state index contributed by atoms with van der Waals surface area (Å²) < 4.78 is 3.74. The van der Waals surface area contributed by atoms with E-state index in [0.29, 0.717) is 17.2 Å². The van der Waals surface area contributed by atoms with E-state index in [4.69, 9.17) is 13.1 Å². The van der Waals surface area contributed by atoms with Gasteiger partial charge in [0.05, 0.1) is 47.2 Å². The van der Waals surface area contributed by atoms with Crippen molar-refractivity contribution in [2.75, 3.05) is 12.4 Å². The Morgan fingerprint density at radius 3 is 1.19 bits per heavy atom. The SMILES string of the molecule is C.CC.CC.CC.CC.CC(C)(O)c1ccccc1[N+](=O)[O-].CNc1ccccc1C(C)(C)O.[C-]#[N+]c1ccc(C)n1C.[C-]#[N+]c1ccc(C)n1C. The van der Waals surface area contributed by atoms with E-state index in [1.165, 1.54) is 19.9 Å². The topological polar surface area (TPSA) is 114 Å². The van der Waals surface area contributed by atoms with Gasteiger partial charge >= 0.3 is 0 Å². The molecule has 2 aromatic carbocycles. The molecule has 0 atom stereocenters. The third kappa shape index (κ3) is 20.7.